The molecule has 2 aromatic heterocycles. The van der Waals surface area contributed by atoms with Crippen molar-refractivity contribution in [1.82, 2.24) is 25.1 Å². The van der Waals surface area contributed by atoms with E-state index in [2.05, 4.69) is 34.2 Å². The summed E-state index contributed by atoms with van der Waals surface area (Å²) < 4.78 is 0. The Hall–Kier alpha value is -4.63. The highest BCUT2D eigenvalue weighted by atomic mass is 16.3. The maximum absolute atomic E-state index is 13.1. The van der Waals surface area contributed by atoms with E-state index in [1.54, 1.807) is 41.3 Å². The lowest BCUT2D eigenvalue weighted by Gasteiger charge is -2.28. The summed E-state index contributed by atoms with van der Waals surface area (Å²) in [5, 5.41) is 28.0. The number of nitrogens with zero attached hydrogens (tertiary/aromatic N) is 3. The number of hydrogen-bond donors (Lipinski definition) is 5. The highest BCUT2D eigenvalue weighted by molar-refractivity contribution is 5.94. The Bertz CT molecular complexity index is 1670. The van der Waals surface area contributed by atoms with E-state index in [9.17, 15) is 15.0 Å². The van der Waals surface area contributed by atoms with Gasteiger partial charge in [0, 0.05) is 18.4 Å². The van der Waals surface area contributed by atoms with Gasteiger partial charge in [-0.3, -0.25) is 9.89 Å². The van der Waals surface area contributed by atoms with Crippen LogP contribution in [0.25, 0.3) is 33.5 Å². The van der Waals surface area contributed by atoms with Crippen LogP contribution in [-0.4, -0.2) is 53.8 Å². The van der Waals surface area contributed by atoms with Gasteiger partial charge in [0.2, 0.25) is 5.91 Å². The minimum Gasteiger partial charge on any atom is -0.508 e. The van der Waals surface area contributed by atoms with Gasteiger partial charge in [-0.2, -0.15) is 5.10 Å². The van der Waals surface area contributed by atoms with Gasteiger partial charge in [0.05, 0.1) is 29.5 Å². The molecule has 0 spiro atoms. The molecule has 6 N–H and O–H groups in total. The number of nitrogens with two attached hydrogens (primary N) is 1. The summed E-state index contributed by atoms with van der Waals surface area (Å²) in [6.45, 7) is 3.04. The van der Waals surface area contributed by atoms with Crippen LogP contribution in [0.15, 0.2) is 60.7 Å². The molecule has 0 saturated carbocycles. The number of carbonyl (C=O) groups is 1. The van der Waals surface area contributed by atoms with Gasteiger partial charge in [-0.05, 0) is 71.5 Å². The minimum absolute atomic E-state index is 0.108. The lowest BCUT2D eigenvalue weighted by Crippen LogP contribution is -2.46. The van der Waals surface area contributed by atoms with E-state index in [0.717, 1.165) is 56.7 Å². The summed E-state index contributed by atoms with van der Waals surface area (Å²) in [5.41, 5.74) is 13.8. The number of aryl methyl sites for hydroxylation is 1. The molecule has 39 heavy (non-hydrogen) atoms. The fraction of sp³-hybridized carbons (Fsp3) is 0.233. The Morgan fingerprint density at radius 1 is 1.08 bits per heavy atom. The average Bonchev–Trinajstić information content (AvgIpc) is 3.56. The zero-order chi connectivity index (χ0) is 27.1. The van der Waals surface area contributed by atoms with Crippen molar-refractivity contribution < 1.29 is 15.0 Å². The first-order valence-electron chi connectivity index (χ1n) is 13.1. The van der Waals surface area contributed by atoms with Crippen LogP contribution in [-0.2, 0) is 30.6 Å². The van der Waals surface area contributed by atoms with Gasteiger partial charge in [-0.15, -0.1) is 0 Å². The summed E-state index contributed by atoms with van der Waals surface area (Å²) in [4.78, 5) is 23.1. The maximum Gasteiger partial charge on any atom is 0.240 e. The van der Waals surface area contributed by atoms with Crippen LogP contribution in [0.4, 0.5) is 0 Å². The second kappa shape index (κ2) is 9.92. The Morgan fingerprint density at radius 2 is 1.87 bits per heavy atom. The molecule has 0 fully saturated rings. The van der Waals surface area contributed by atoms with Crippen molar-refractivity contribution in [3.63, 3.8) is 0 Å². The third-order valence-corrected chi connectivity index (χ3v) is 7.42. The van der Waals surface area contributed by atoms with Crippen molar-refractivity contribution in [2.24, 2.45) is 5.73 Å². The standard InChI is InChI=1S/C30H30N6O3/c1-2-18-14-21(38)8-10-22(18)19-5-9-23-26(15-19)34-35-28(23)29-32-25-11-12-36(16-27(25)33-29)30(39)24(31)13-17-3-6-20(37)7-4-17/h3-10,14-15,24,37-38H,2,11-13,16,31H2,1H3,(H,32,33)(H,34,35)/t24-/m0/s1. The van der Waals surface area contributed by atoms with Gasteiger partial charge in [0.15, 0.2) is 5.82 Å². The van der Waals surface area contributed by atoms with E-state index in [-0.39, 0.29) is 17.4 Å². The molecular formula is C30H30N6O3. The summed E-state index contributed by atoms with van der Waals surface area (Å²) in [6, 6.07) is 17.7. The topological polar surface area (TPSA) is 144 Å². The second-order valence-electron chi connectivity index (χ2n) is 10.0. The summed E-state index contributed by atoms with van der Waals surface area (Å²) in [7, 11) is 0. The predicted octanol–water partition coefficient (Wildman–Crippen LogP) is 4.05. The molecule has 1 atom stereocenters. The van der Waals surface area contributed by atoms with Crippen molar-refractivity contribution in [1.29, 1.82) is 0 Å². The largest absolute Gasteiger partial charge is 0.508 e. The summed E-state index contributed by atoms with van der Waals surface area (Å²) in [5.74, 6) is 1.01. The number of phenols is 2. The normalized spacial score (nSPS) is 13.9. The number of benzene rings is 3. The molecule has 3 heterocycles. The monoisotopic (exact) mass is 522 g/mol. The predicted molar refractivity (Wildman–Crippen MR) is 149 cm³/mol. The van der Waals surface area contributed by atoms with Crippen molar-refractivity contribution in [3.05, 3.63) is 83.2 Å². The summed E-state index contributed by atoms with van der Waals surface area (Å²) >= 11 is 0. The third-order valence-electron chi connectivity index (χ3n) is 7.42. The first kappa shape index (κ1) is 24.7. The molecule has 6 rings (SSSR count). The smallest absolute Gasteiger partial charge is 0.240 e. The Kier molecular flexibility index (Phi) is 6.28. The molecule has 1 aliphatic heterocycles. The number of carbonyl (C=O) groups excluding carboxylic acids is 1. The van der Waals surface area contributed by atoms with Crippen molar-refractivity contribution >= 4 is 16.8 Å². The fourth-order valence-electron chi connectivity index (χ4n) is 5.32. The lowest BCUT2D eigenvalue weighted by atomic mass is 9.97. The summed E-state index contributed by atoms with van der Waals surface area (Å²) in [6.07, 6.45) is 1.85. The maximum atomic E-state index is 13.1. The third kappa shape index (κ3) is 4.72. The fourth-order valence-corrected chi connectivity index (χ4v) is 5.32. The first-order chi connectivity index (χ1) is 18.9. The molecule has 5 aromatic rings. The second-order valence-corrected chi connectivity index (χ2v) is 10.0. The molecular weight excluding hydrogens is 492 g/mol. The molecule has 198 valence electrons. The number of aromatic nitrogens is 4. The quantitative estimate of drug-likeness (QED) is 0.228. The number of H-pyrrole nitrogens is 2. The zero-order valence-corrected chi connectivity index (χ0v) is 21.6. The van der Waals surface area contributed by atoms with Crippen molar-refractivity contribution in [2.75, 3.05) is 6.54 Å². The number of imidazole rings is 1. The lowest BCUT2D eigenvalue weighted by molar-refractivity contribution is -0.133. The van der Waals surface area contributed by atoms with Crippen LogP contribution in [0.2, 0.25) is 0 Å². The minimum atomic E-state index is -0.662. The van der Waals surface area contributed by atoms with Crippen LogP contribution in [0.5, 0.6) is 11.5 Å². The van der Waals surface area contributed by atoms with Gasteiger partial charge in [0.25, 0.3) is 0 Å². The van der Waals surface area contributed by atoms with Crippen LogP contribution in [0.1, 0.15) is 29.4 Å². The molecule has 0 saturated heterocycles. The van der Waals surface area contributed by atoms with Gasteiger partial charge in [-0.25, -0.2) is 4.98 Å². The van der Waals surface area contributed by atoms with Gasteiger partial charge in [-0.1, -0.05) is 31.2 Å². The van der Waals surface area contributed by atoms with E-state index in [4.69, 9.17) is 10.7 Å². The van der Waals surface area contributed by atoms with Crippen LogP contribution >= 0.6 is 0 Å². The van der Waals surface area contributed by atoms with E-state index in [1.807, 2.05) is 12.1 Å². The van der Waals surface area contributed by atoms with Gasteiger partial charge < -0.3 is 25.8 Å². The number of rotatable bonds is 6. The van der Waals surface area contributed by atoms with E-state index in [0.29, 0.717) is 31.8 Å². The first-order valence-corrected chi connectivity index (χ1v) is 13.1. The van der Waals surface area contributed by atoms with Crippen LogP contribution in [0.3, 0.4) is 0 Å². The van der Waals surface area contributed by atoms with E-state index < -0.39 is 6.04 Å². The van der Waals surface area contributed by atoms with Gasteiger partial charge in [0.1, 0.15) is 17.2 Å². The molecule has 0 unspecified atom stereocenters. The molecule has 1 amide bonds. The molecule has 0 radical (unpaired) electrons. The van der Waals surface area contributed by atoms with Crippen LogP contribution in [0, 0.1) is 0 Å². The number of phenolic OH excluding ortho intramolecular Hbond substituents is 2. The Balaban J connectivity index is 1.21. The number of nitrogens with one attached hydrogen (secondary N) is 2. The highest BCUT2D eigenvalue weighted by Gasteiger charge is 2.28. The molecule has 9 nitrogen and oxygen atoms in total. The molecule has 3 aromatic carbocycles. The number of aromatic amines is 2. The number of fused-ring (bicyclic) bond motifs is 2. The van der Waals surface area contributed by atoms with E-state index in [1.165, 1.54) is 0 Å². The Morgan fingerprint density at radius 3 is 2.67 bits per heavy atom. The number of hydrogen-bond acceptors (Lipinski definition) is 6. The van der Waals surface area contributed by atoms with Crippen LogP contribution < -0.4 is 5.73 Å². The van der Waals surface area contributed by atoms with Crippen molar-refractivity contribution in [3.8, 4) is 34.1 Å². The Labute approximate surface area is 225 Å². The average molecular weight is 523 g/mol. The molecule has 0 bridgehead atoms. The molecule has 1 aliphatic rings. The molecule has 0 aliphatic carbocycles. The molecule has 9 heteroatoms. The van der Waals surface area contributed by atoms with Gasteiger partial charge >= 0.3 is 0 Å². The number of amides is 1. The van der Waals surface area contributed by atoms with Crippen molar-refractivity contribution in [2.45, 2.75) is 38.8 Å². The number of aromatic hydroxyl groups is 2. The van der Waals surface area contributed by atoms with E-state index >= 15 is 0 Å². The zero-order valence-electron chi connectivity index (χ0n) is 21.6. The highest BCUT2D eigenvalue weighted by Crippen LogP contribution is 2.33. The SMILES string of the molecule is CCc1cc(O)ccc1-c1ccc2c(-c3nc4c([nH]3)CN(C(=O)[C@@H](N)Cc3ccc(O)cc3)CC4)n[nH]c2c1.